The molecule has 0 amide bonds. The number of esters is 1. The third-order valence-electron chi connectivity index (χ3n) is 1.69. The number of nitrogens with zero attached hydrogens (tertiary/aromatic N) is 2. The number of hydrogen-bond acceptors (Lipinski definition) is 4. The zero-order chi connectivity index (χ0) is 11.3. The summed E-state index contributed by atoms with van der Waals surface area (Å²) in [5.41, 5.74) is 0.394. The first-order valence-corrected chi connectivity index (χ1v) is 5.16. The summed E-state index contributed by atoms with van der Waals surface area (Å²) in [5.74, 6) is -1.52. The molecule has 1 aromatic heterocycles. The molecule has 0 aliphatic rings. The molecule has 0 fully saturated rings. The highest BCUT2D eigenvalue weighted by Gasteiger charge is 2.22. The number of ether oxygens (including phenoxy) is 1. The fraction of sp³-hybridized carbons (Fsp3) is 0.300. The molecule has 1 aromatic rings. The average molecular weight is 269 g/mol. The minimum absolute atomic E-state index is 0.255. The van der Waals surface area contributed by atoms with Gasteiger partial charge in [-0.05, 0) is 19.1 Å². The van der Waals surface area contributed by atoms with Gasteiger partial charge in [-0.25, -0.2) is 0 Å². The van der Waals surface area contributed by atoms with Crippen molar-refractivity contribution >= 4 is 21.9 Å². The summed E-state index contributed by atoms with van der Waals surface area (Å²) in [6, 6.07) is 5.23. The first-order valence-electron chi connectivity index (χ1n) is 4.36. The van der Waals surface area contributed by atoms with Gasteiger partial charge in [0.2, 0.25) is 0 Å². The Labute approximate surface area is 96.0 Å². The van der Waals surface area contributed by atoms with Gasteiger partial charge in [-0.1, -0.05) is 15.9 Å². The van der Waals surface area contributed by atoms with Crippen LogP contribution < -0.4 is 0 Å². The summed E-state index contributed by atoms with van der Waals surface area (Å²) in [6.07, 6.45) is 1.53. The second kappa shape index (κ2) is 5.47. The number of hydrogen-bond donors (Lipinski definition) is 0. The number of rotatable bonds is 3. The molecule has 1 atom stereocenters. The lowest BCUT2D eigenvalue weighted by atomic mass is 10.1. The lowest BCUT2D eigenvalue weighted by Crippen LogP contribution is -2.15. The van der Waals surface area contributed by atoms with Crippen LogP contribution in [-0.2, 0) is 9.53 Å². The van der Waals surface area contributed by atoms with Crippen molar-refractivity contribution in [1.29, 1.82) is 5.26 Å². The van der Waals surface area contributed by atoms with Crippen molar-refractivity contribution in [2.45, 2.75) is 12.8 Å². The third-order valence-corrected chi connectivity index (χ3v) is 2.18. The highest BCUT2D eigenvalue weighted by atomic mass is 79.9. The van der Waals surface area contributed by atoms with Gasteiger partial charge in [-0.2, -0.15) is 5.26 Å². The summed E-state index contributed by atoms with van der Waals surface area (Å²) in [6.45, 7) is 1.95. The Morgan fingerprint density at radius 3 is 3.07 bits per heavy atom. The van der Waals surface area contributed by atoms with E-state index in [0.29, 0.717) is 5.69 Å². The quantitative estimate of drug-likeness (QED) is 0.787. The molecular weight excluding hydrogens is 260 g/mol. The van der Waals surface area contributed by atoms with Gasteiger partial charge in [0, 0.05) is 10.7 Å². The maximum Gasteiger partial charge on any atom is 0.329 e. The van der Waals surface area contributed by atoms with Crippen molar-refractivity contribution in [1.82, 2.24) is 4.98 Å². The maximum absolute atomic E-state index is 11.4. The Morgan fingerprint density at radius 2 is 2.53 bits per heavy atom. The lowest BCUT2D eigenvalue weighted by Gasteiger charge is -2.07. The Bertz CT molecular complexity index is 401. The molecule has 15 heavy (non-hydrogen) atoms. The van der Waals surface area contributed by atoms with Crippen molar-refractivity contribution in [2.75, 3.05) is 6.61 Å². The monoisotopic (exact) mass is 268 g/mol. The number of carbonyl (C=O) groups is 1. The number of carbonyl (C=O) groups excluding carboxylic acids is 1. The van der Waals surface area contributed by atoms with Crippen LogP contribution in [0.25, 0.3) is 0 Å². The Hall–Kier alpha value is -1.41. The zero-order valence-corrected chi connectivity index (χ0v) is 9.69. The van der Waals surface area contributed by atoms with E-state index in [2.05, 4.69) is 20.9 Å². The first kappa shape index (κ1) is 11.7. The summed E-state index contributed by atoms with van der Waals surface area (Å²) in [7, 11) is 0. The number of nitriles is 1. The maximum atomic E-state index is 11.4. The van der Waals surface area contributed by atoms with Crippen LogP contribution in [-0.4, -0.2) is 17.6 Å². The first-order chi connectivity index (χ1) is 7.19. The van der Waals surface area contributed by atoms with Crippen LogP contribution in [0.1, 0.15) is 18.5 Å². The van der Waals surface area contributed by atoms with Gasteiger partial charge in [0.25, 0.3) is 0 Å². The Morgan fingerprint density at radius 1 is 1.80 bits per heavy atom. The molecule has 0 aliphatic carbocycles. The summed E-state index contributed by atoms with van der Waals surface area (Å²) < 4.78 is 5.55. The van der Waals surface area contributed by atoms with E-state index in [-0.39, 0.29) is 6.61 Å². The van der Waals surface area contributed by atoms with Crippen LogP contribution in [0.2, 0.25) is 0 Å². The fourth-order valence-corrected chi connectivity index (χ4v) is 1.40. The molecule has 0 saturated carbocycles. The lowest BCUT2D eigenvalue weighted by molar-refractivity contribution is -0.143. The molecule has 0 spiro atoms. The molecule has 0 radical (unpaired) electrons. The summed E-state index contributed by atoms with van der Waals surface area (Å²) in [4.78, 5) is 15.3. The topological polar surface area (TPSA) is 63.0 Å². The number of halogens is 1. The van der Waals surface area contributed by atoms with Gasteiger partial charge in [-0.15, -0.1) is 0 Å². The highest BCUT2D eigenvalue weighted by molar-refractivity contribution is 9.10. The minimum Gasteiger partial charge on any atom is -0.465 e. The van der Waals surface area contributed by atoms with Crippen molar-refractivity contribution in [3.05, 3.63) is 28.5 Å². The SMILES string of the molecule is CCOC(=O)[C@@H](C#N)c1cc(Br)ccn1. The van der Waals surface area contributed by atoms with E-state index in [4.69, 9.17) is 10.00 Å². The fourth-order valence-electron chi connectivity index (χ4n) is 1.04. The Balaban J connectivity index is 2.93. The van der Waals surface area contributed by atoms with E-state index in [1.165, 1.54) is 6.20 Å². The second-order valence-corrected chi connectivity index (χ2v) is 3.63. The van der Waals surface area contributed by atoms with Crippen LogP contribution in [0.3, 0.4) is 0 Å². The minimum atomic E-state index is -0.956. The molecule has 0 saturated heterocycles. The molecule has 5 heteroatoms. The van der Waals surface area contributed by atoms with Gasteiger partial charge >= 0.3 is 5.97 Å². The van der Waals surface area contributed by atoms with Gasteiger partial charge in [-0.3, -0.25) is 9.78 Å². The van der Waals surface area contributed by atoms with E-state index < -0.39 is 11.9 Å². The van der Waals surface area contributed by atoms with Gasteiger partial charge in [0.1, 0.15) is 0 Å². The number of pyridine rings is 1. The van der Waals surface area contributed by atoms with Gasteiger partial charge in [0.15, 0.2) is 5.92 Å². The van der Waals surface area contributed by atoms with Crippen molar-refractivity contribution in [2.24, 2.45) is 0 Å². The van der Waals surface area contributed by atoms with Crippen molar-refractivity contribution < 1.29 is 9.53 Å². The largest absolute Gasteiger partial charge is 0.465 e. The van der Waals surface area contributed by atoms with Crippen LogP contribution in [0, 0.1) is 11.3 Å². The van der Waals surface area contributed by atoms with E-state index in [1.807, 2.05) is 6.07 Å². The summed E-state index contributed by atoms with van der Waals surface area (Å²) in [5, 5.41) is 8.86. The van der Waals surface area contributed by atoms with E-state index in [0.717, 1.165) is 4.47 Å². The van der Waals surface area contributed by atoms with Gasteiger partial charge in [0.05, 0.1) is 18.4 Å². The zero-order valence-electron chi connectivity index (χ0n) is 8.11. The Kier molecular flexibility index (Phi) is 4.25. The highest BCUT2D eigenvalue weighted by Crippen LogP contribution is 2.18. The molecule has 4 nitrogen and oxygen atoms in total. The third kappa shape index (κ3) is 3.03. The normalized spacial score (nSPS) is 11.5. The van der Waals surface area contributed by atoms with Crippen LogP contribution in [0.5, 0.6) is 0 Å². The van der Waals surface area contributed by atoms with E-state index in [1.54, 1.807) is 19.1 Å². The predicted octanol–water partition coefficient (Wildman–Crippen LogP) is 2.01. The van der Waals surface area contributed by atoms with E-state index in [9.17, 15) is 4.79 Å². The van der Waals surface area contributed by atoms with Crippen molar-refractivity contribution in [3.8, 4) is 6.07 Å². The standard InChI is InChI=1S/C10H9BrN2O2/c1-2-15-10(14)8(6-12)9-5-7(11)3-4-13-9/h3-5,8H,2H2,1H3/t8-/m0/s1. The van der Waals surface area contributed by atoms with Crippen LogP contribution in [0.4, 0.5) is 0 Å². The molecule has 0 aromatic carbocycles. The molecule has 0 bridgehead atoms. The average Bonchev–Trinajstić information content (AvgIpc) is 2.19. The molecule has 78 valence electrons. The number of aromatic nitrogens is 1. The molecule has 1 heterocycles. The van der Waals surface area contributed by atoms with Gasteiger partial charge < -0.3 is 4.74 Å². The molecular formula is C10H9BrN2O2. The second-order valence-electron chi connectivity index (χ2n) is 2.71. The molecule has 0 unspecified atom stereocenters. The molecule has 1 rings (SSSR count). The summed E-state index contributed by atoms with van der Waals surface area (Å²) >= 11 is 3.25. The van der Waals surface area contributed by atoms with E-state index >= 15 is 0 Å². The smallest absolute Gasteiger partial charge is 0.329 e. The van der Waals surface area contributed by atoms with Crippen molar-refractivity contribution in [3.63, 3.8) is 0 Å². The van der Waals surface area contributed by atoms with Crippen LogP contribution >= 0.6 is 15.9 Å². The molecule has 0 aliphatic heterocycles. The predicted molar refractivity (Wildman–Crippen MR) is 56.9 cm³/mol. The van der Waals surface area contributed by atoms with Crippen LogP contribution in [0.15, 0.2) is 22.8 Å². The molecule has 0 N–H and O–H groups in total.